The molecule has 0 atom stereocenters. The van der Waals surface area contributed by atoms with E-state index in [9.17, 15) is 4.79 Å². The van der Waals surface area contributed by atoms with Gasteiger partial charge in [-0.05, 0) is 26.0 Å². The molecule has 7 heteroatoms. The highest BCUT2D eigenvalue weighted by molar-refractivity contribution is 5.98. The van der Waals surface area contributed by atoms with Gasteiger partial charge in [-0.2, -0.15) is 0 Å². The van der Waals surface area contributed by atoms with Gasteiger partial charge in [-0.25, -0.2) is 0 Å². The number of amides is 1. The van der Waals surface area contributed by atoms with Crippen LogP contribution in [0.1, 0.15) is 30.0 Å². The first-order chi connectivity index (χ1) is 10.2. The first-order valence-electron chi connectivity index (χ1n) is 6.83. The van der Waals surface area contributed by atoms with Gasteiger partial charge in [0.2, 0.25) is 0 Å². The molecular formula is C14H19N5O2. The molecule has 0 spiro atoms. The van der Waals surface area contributed by atoms with Crippen molar-refractivity contribution in [1.82, 2.24) is 20.1 Å². The molecule has 0 saturated heterocycles. The summed E-state index contributed by atoms with van der Waals surface area (Å²) >= 11 is 0. The summed E-state index contributed by atoms with van der Waals surface area (Å²) in [5, 5.41) is 10.6. The van der Waals surface area contributed by atoms with E-state index in [4.69, 9.17) is 10.5 Å². The summed E-state index contributed by atoms with van der Waals surface area (Å²) in [6, 6.07) is 5.11. The van der Waals surface area contributed by atoms with E-state index in [0.29, 0.717) is 36.0 Å². The average molecular weight is 289 g/mol. The van der Waals surface area contributed by atoms with Crippen LogP contribution < -0.4 is 15.8 Å². The average Bonchev–Trinajstić information content (AvgIpc) is 2.94. The number of carbonyl (C=O) groups is 1. The highest BCUT2D eigenvalue weighted by atomic mass is 16.5. The number of hydrogen-bond acceptors (Lipinski definition) is 5. The minimum absolute atomic E-state index is 0.253. The maximum absolute atomic E-state index is 12.3. The van der Waals surface area contributed by atoms with Gasteiger partial charge in [0.15, 0.2) is 11.6 Å². The summed E-state index contributed by atoms with van der Waals surface area (Å²) in [5.41, 5.74) is 6.71. The van der Waals surface area contributed by atoms with Gasteiger partial charge in [0.25, 0.3) is 5.91 Å². The van der Waals surface area contributed by atoms with Crippen LogP contribution in [-0.4, -0.2) is 27.3 Å². The Hall–Kier alpha value is -2.57. The third-order valence-electron chi connectivity index (χ3n) is 3.02. The second-order valence-corrected chi connectivity index (χ2v) is 4.37. The number of nitrogens with zero attached hydrogens (tertiary/aromatic N) is 3. The van der Waals surface area contributed by atoms with Crippen LogP contribution in [0.4, 0.5) is 5.69 Å². The number of nitrogens with one attached hydrogen (secondary N) is 1. The molecule has 0 aliphatic carbocycles. The molecule has 0 fully saturated rings. The second kappa shape index (κ2) is 6.74. The van der Waals surface area contributed by atoms with Crippen molar-refractivity contribution in [1.29, 1.82) is 0 Å². The minimum atomic E-state index is -0.253. The molecule has 2 aromatic rings. The van der Waals surface area contributed by atoms with Gasteiger partial charge in [0.1, 0.15) is 6.33 Å². The molecule has 0 unspecified atom stereocenters. The number of nitrogens with two attached hydrogens (primary N) is 1. The van der Waals surface area contributed by atoms with Crippen molar-refractivity contribution >= 4 is 11.6 Å². The Bertz CT molecular complexity index is 624. The molecule has 0 aliphatic heterocycles. The van der Waals surface area contributed by atoms with Crippen molar-refractivity contribution in [3.05, 3.63) is 35.9 Å². The Morgan fingerprint density at radius 2 is 2.24 bits per heavy atom. The van der Waals surface area contributed by atoms with Crippen LogP contribution in [0.2, 0.25) is 0 Å². The quantitative estimate of drug-likeness (QED) is 0.779. The van der Waals surface area contributed by atoms with Crippen molar-refractivity contribution < 1.29 is 9.53 Å². The summed E-state index contributed by atoms with van der Waals surface area (Å²) < 4.78 is 7.32. The van der Waals surface area contributed by atoms with E-state index in [1.54, 1.807) is 24.5 Å². The summed E-state index contributed by atoms with van der Waals surface area (Å²) in [7, 11) is 0. The van der Waals surface area contributed by atoms with Crippen molar-refractivity contribution in [2.75, 3.05) is 12.3 Å². The van der Waals surface area contributed by atoms with E-state index >= 15 is 0 Å². The first-order valence-corrected chi connectivity index (χ1v) is 6.83. The maximum atomic E-state index is 12.3. The minimum Gasteiger partial charge on any atom is -0.491 e. The van der Waals surface area contributed by atoms with Gasteiger partial charge < -0.3 is 20.4 Å². The van der Waals surface area contributed by atoms with Gasteiger partial charge in [-0.15, -0.1) is 10.2 Å². The molecule has 2 rings (SSSR count). The lowest BCUT2D eigenvalue weighted by atomic mass is 10.1. The lowest BCUT2D eigenvalue weighted by Gasteiger charge is -2.12. The Labute approximate surface area is 123 Å². The van der Waals surface area contributed by atoms with E-state index in [-0.39, 0.29) is 5.91 Å². The summed E-state index contributed by atoms with van der Waals surface area (Å²) in [6.45, 7) is 5.32. The Kier molecular flexibility index (Phi) is 4.76. The van der Waals surface area contributed by atoms with Crippen molar-refractivity contribution in [3.63, 3.8) is 0 Å². The third kappa shape index (κ3) is 3.31. The van der Waals surface area contributed by atoms with E-state index in [1.807, 2.05) is 18.4 Å². The molecule has 21 heavy (non-hydrogen) atoms. The third-order valence-corrected chi connectivity index (χ3v) is 3.02. The predicted molar refractivity (Wildman–Crippen MR) is 78.9 cm³/mol. The summed E-state index contributed by atoms with van der Waals surface area (Å²) in [6.07, 6.45) is 1.63. The predicted octanol–water partition coefficient (Wildman–Crippen LogP) is 1.21. The van der Waals surface area contributed by atoms with E-state index in [0.717, 1.165) is 6.54 Å². The van der Waals surface area contributed by atoms with Crippen molar-refractivity contribution in [2.45, 2.75) is 26.9 Å². The number of benzene rings is 1. The molecule has 1 aromatic carbocycles. The summed E-state index contributed by atoms with van der Waals surface area (Å²) in [5.74, 6) is 0.860. The molecular weight excluding hydrogens is 270 g/mol. The fourth-order valence-electron chi connectivity index (χ4n) is 1.97. The fourth-order valence-corrected chi connectivity index (χ4v) is 1.97. The smallest absolute Gasteiger partial charge is 0.255 e. The largest absolute Gasteiger partial charge is 0.491 e. The number of anilines is 1. The number of rotatable bonds is 6. The molecule has 3 N–H and O–H groups in total. The zero-order chi connectivity index (χ0) is 15.2. The summed E-state index contributed by atoms with van der Waals surface area (Å²) in [4.78, 5) is 12.3. The zero-order valence-corrected chi connectivity index (χ0v) is 12.2. The van der Waals surface area contributed by atoms with Gasteiger partial charge in [0.05, 0.1) is 24.4 Å². The standard InChI is InChI=1S/C14H19N5O2/c1-3-19-9-17-18-12(19)8-16-14(20)10-6-5-7-11(15)13(10)21-4-2/h5-7,9H,3-4,8,15H2,1-2H3,(H,16,20). The molecule has 0 bridgehead atoms. The van der Waals surface area contributed by atoms with Crippen LogP contribution >= 0.6 is 0 Å². The number of ether oxygens (including phenoxy) is 1. The van der Waals surface area contributed by atoms with Gasteiger partial charge in [-0.3, -0.25) is 4.79 Å². The molecule has 0 aliphatic rings. The molecule has 7 nitrogen and oxygen atoms in total. The maximum Gasteiger partial charge on any atom is 0.255 e. The Morgan fingerprint density at radius 3 is 2.95 bits per heavy atom. The molecule has 112 valence electrons. The van der Waals surface area contributed by atoms with Crippen LogP contribution in [0, 0.1) is 0 Å². The molecule has 1 aromatic heterocycles. The molecule has 1 amide bonds. The van der Waals surface area contributed by atoms with Crippen LogP contribution in [-0.2, 0) is 13.1 Å². The van der Waals surface area contributed by atoms with Crippen LogP contribution in [0.15, 0.2) is 24.5 Å². The van der Waals surface area contributed by atoms with E-state index in [1.165, 1.54) is 0 Å². The number of hydrogen-bond donors (Lipinski definition) is 2. The highest BCUT2D eigenvalue weighted by Crippen LogP contribution is 2.26. The number of carbonyl (C=O) groups excluding carboxylic acids is 1. The van der Waals surface area contributed by atoms with E-state index in [2.05, 4.69) is 15.5 Å². The topological polar surface area (TPSA) is 95.1 Å². The Balaban J connectivity index is 2.12. The first kappa shape index (κ1) is 14.8. The number of aryl methyl sites for hydroxylation is 1. The zero-order valence-electron chi connectivity index (χ0n) is 12.2. The lowest BCUT2D eigenvalue weighted by molar-refractivity contribution is 0.0945. The number of para-hydroxylation sites is 1. The normalized spacial score (nSPS) is 10.4. The number of aromatic nitrogens is 3. The van der Waals surface area contributed by atoms with Gasteiger partial charge >= 0.3 is 0 Å². The number of nitrogen functional groups attached to an aromatic ring is 1. The Morgan fingerprint density at radius 1 is 1.43 bits per heavy atom. The second-order valence-electron chi connectivity index (χ2n) is 4.37. The SMILES string of the molecule is CCOc1c(N)cccc1C(=O)NCc1nncn1CC. The highest BCUT2D eigenvalue weighted by Gasteiger charge is 2.15. The molecule has 1 heterocycles. The van der Waals surface area contributed by atoms with Gasteiger partial charge in [-0.1, -0.05) is 6.07 Å². The van der Waals surface area contributed by atoms with Crippen LogP contribution in [0.3, 0.4) is 0 Å². The van der Waals surface area contributed by atoms with Crippen molar-refractivity contribution in [3.8, 4) is 5.75 Å². The van der Waals surface area contributed by atoms with E-state index < -0.39 is 0 Å². The monoisotopic (exact) mass is 289 g/mol. The van der Waals surface area contributed by atoms with Crippen LogP contribution in [0.25, 0.3) is 0 Å². The fraction of sp³-hybridized carbons (Fsp3) is 0.357. The van der Waals surface area contributed by atoms with Crippen LogP contribution in [0.5, 0.6) is 5.75 Å². The molecule has 0 radical (unpaired) electrons. The van der Waals surface area contributed by atoms with Crippen molar-refractivity contribution in [2.24, 2.45) is 0 Å². The van der Waals surface area contributed by atoms with Gasteiger partial charge in [0, 0.05) is 6.54 Å². The molecule has 0 saturated carbocycles. The lowest BCUT2D eigenvalue weighted by Crippen LogP contribution is -2.25.